The number of nitrogens with zero attached hydrogens (tertiary/aromatic N) is 2. The van der Waals surface area contributed by atoms with Crippen LogP contribution in [-0.2, 0) is 6.42 Å². The summed E-state index contributed by atoms with van der Waals surface area (Å²) < 4.78 is 5.19. The summed E-state index contributed by atoms with van der Waals surface area (Å²) in [5.41, 5.74) is 0. The third kappa shape index (κ3) is 2.72. The fourth-order valence-corrected chi connectivity index (χ4v) is 2.93. The molecule has 1 fully saturated rings. The van der Waals surface area contributed by atoms with Gasteiger partial charge in [0.15, 0.2) is 5.82 Å². The number of aromatic nitrogens is 2. The van der Waals surface area contributed by atoms with Gasteiger partial charge in [0.1, 0.15) is 0 Å². The minimum absolute atomic E-state index is 0.141. The molecule has 1 saturated heterocycles. The molecule has 1 aromatic rings. The Hall–Kier alpha value is -0.550. The molecule has 1 aliphatic heterocycles. The number of rotatable bonds is 4. The fourth-order valence-electron chi connectivity index (χ4n) is 1.66. The van der Waals surface area contributed by atoms with Crippen molar-refractivity contribution >= 4 is 11.8 Å². The number of thioether (sulfide) groups is 1. The molecule has 1 aromatic heterocycles. The van der Waals surface area contributed by atoms with Crippen molar-refractivity contribution in [3.05, 3.63) is 11.7 Å². The highest BCUT2D eigenvalue weighted by atomic mass is 32.2. The van der Waals surface area contributed by atoms with Gasteiger partial charge in [-0.1, -0.05) is 5.16 Å². The van der Waals surface area contributed by atoms with Crippen LogP contribution in [0.2, 0.25) is 0 Å². The molecule has 0 aromatic carbocycles. The highest BCUT2D eigenvalue weighted by Crippen LogP contribution is 2.28. The Labute approximate surface area is 94.2 Å². The van der Waals surface area contributed by atoms with Crippen molar-refractivity contribution in [1.82, 2.24) is 15.5 Å². The molecule has 5 heteroatoms. The summed E-state index contributed by atoms with van der Waals surface area (Å²) in [7, 11) is 1.89. The van der Waals surface area contributed by atoms with Gasteiger partial charge in [-0.2, -0.15) is 16.7 Å². The maximum Gasteiger partial charge on any atom is 0.243 e. The van der Waals surface area contributed by atoms with E-state index < -0.39 is 0 Å². The van der Waals surface area contributed by atoms with Crippen molar-refractivity contribution in [2.45, 2.75) is 37.5 Å². The highest BCUT2D eigenvalue weighted by molar-refractivity contribution is 8.00. The predicted molar refractivity (Wildman–Crippen MR) is 61.0 cm³/mol. The standard InChI is InChI=1S/C10H17N3OS/c1-7(11-2)10-12-9(13-14-10)6-8-4-3-5-15-8/h7-8,11H,3-6H2,1-2H3. The van der Waals surface area contributed by atoms with Crippen LogP contribution in [0, 0.1) is 0 Å². The van der Waals surface area contributed by atoms with E-state index in [9.17, 15) is 0 Å². The number of hydrogen-bond donors (Lipinski definition) is 1. The van der Waals surface area contributed by atoms with E-state index in [4.69, 9.17) is 4.52 Å². The van der Waals surface area contributed by atoms with Crippen molar-refractivity contribution in [2.24, 2.45) is 0 Å². The Balaban J connectivity index is 1.94. The monoisotopic (exact) mass is 227 g/mol. The Morgan fingerprint density at radius 1 is 1.67 bits per heavy atom. The number of nitrogens with one attached hydrogen (secondary N) is 1. The average Bonchev–Trinajstić information content (AvgIpc) is 2.88. The van der Waals surface area contributed by atoms with Gasteiger partial charge >= 0.3 is 0 Å². The molecule has 2 atom stereocenters. The maximum absolute atomic E-state index is 5.19. The quantitative estimate of drug-likeness (QED) is 0.850. The zero-order valence-electron chi connectivity index (χ0n) is 9.19. The first-order valence-electron chi connectivity index (χ1n) is 5.41. The Morgan fingerprint density at radius 3 is 3.20 bits per heavy atom. The summed E-state index contributed by atoms with van der Waals surface area (Å²) in [5, 5.41) is 7.79. The van der Waals surface area contributed by atoms with E-state index in [1.54, 1.807) is 0 Å². The van der Waals surface area contributed by atoms with Crippen LogP contribution in [0.1, 0.15) is 37.5 Å². The molecule has 0 bridgehead atoms. The van der Waals surface area contributed by atoms with E-state index >= 15 is 0 Å². The van der Waals surface area contributed by atoms with Crippen LogP contribution in [0.15, 0.2) is 4.52 Å². The van der Waals surface area contributed by atoms with Gasteiger partial charge in [0, 0.05) is 11.7 Å². The molecule has 0 amide bonds. The summed E-state index contributed by atoms with van der Waals surface area (Å²) in [6.45, 7) is 2.02. The molecule has 2 unspecified atom stereocenters. The van der Waals surface area contributed by atoms with Crippen molar-refractivity contribution in [3.63, 3.8) is 0 Å². The third-order valence-corrected chi connectivity index (χ3v) is 4.12. The Bertz CT molecular complexity index is 309. The van der Waals surface area contributed by atoms with Crippen LogP contribution < -0.4 is 5.32 Å². The molecular weight excluding hydrogens is 210 g/mol. The zero-order valence-corrected chi connectivity index (χ0v) is 10.0. The topological polar surface area (TPSA) is 51.0 Å². The van der Waals surface area contributed by atoms with Gasteiger partial charge in [0.2, 0.25) is 5.89 Å². The largest absolute Gasteiger partial charge is 0.338 e. The van der Waals surface area contributed by atoms with Crippen LogP contribution >= 0.6 is 11.8 Å². The first-order chi connectivity index (χ1) is 7.29. The first-order valence-corrected chi connectivity index (χ1v) is 6.46. The van der Waals surface area contributed by atoms with Crippen molar-refractivity contribution in [1.29, 1.82) is 0 Å². The molecule has 1 N–H and O–H groups in total. The summed E-state index contributed by atoms with van der Waals surface area (Å²) in [5.74, 6) is 2.82. The lowest BCUT2D eigenvalue weighted by molar-refractivity contribution is 0.343. The molecule has 0 radical (unpaired) electrons. The summed E-state index contributed by atoms with van der Waals surface area (Å²) in [6.07, 6.45) is 3.56. The molecule has 0 aliphatic carbocycles. The van der Waals surface area contributed by atoms with Gasteiger partial charge in [-0.25, -0.2) is 0 Å². The molecule has 4 nitrogen and oxygen atoms in total. The van der Waals surface area contributed by atoms with E-state index in [-0.39, 0.29) is 6.04 Å². The normalized spacial score (nSPS) is 23.2. The zero-order chi connectivity index (χ0) is 10.7. The molecule has 15 heavy (non-hydrogen) atoms. The molecule has 0 spiro atoms. The Kier molecular flexibility index (Phi) is 3.64. The fraction of sp³-hybridized carbons (Fsp3) is 0.800. The molecule has 2 heterocycles. The molecule has 84 valence electrons. The lowest BCUT2D eigenvalue weighted by atomic mass is 10.2. The van der Waals surface area contributed by atoms with Gasteiger partial charge in [-0.3, -0.25) is 0 Å². The lowest BCUT2D eigenvalue weighted by Crippen LogP contribution is -2.12. The maximum atomic E-state index is 5.19. The smallest absolute Gasteiger partial charge is 0.243 e. The molecular formula is C10H17N3OS. The van der Waals surface area contributed by atoms with Gasteiger partial charge in [-0.05, 0) is 32.6 Å². The van der Waals surface area contributed by atoms with E-state index in [1.807, 2.05) is 25.7 Å². The van der Waals surface area contributed by atoms with E-state index in [0.29, 0.717) is 11.1 Å². The average molecular weight is 227 g/mol. The third-order valence-electron chi connectivity index (χ3n) is 2.72. The van der Waals surface area contributed by atoms with Gasteiger partial charge in [-0.15, -0.1) is 0 Å². The predicted octanol–water partition coefficient (Wildman–Crippen LogP) is 1.79. The van der Waals surface area contributed by atoms with E-state index in [1.165, 1.54) is 18.6 Å². The second-order valence-electron chi connectivity index (χ2n) is 3.90. The molecule has 1 aliphatic rings. The SMILES string of the molecule is CNC(C)c1nc(CC2CCCS2)no1. The highest BCUT2D eigenvalue weighted by Gasteiger charge is 2.19. The Morgan fingerprint density at radius 2 is 2.53 bits per heavy atom. The van der Waals surface area contributed by atoms with Crippen molar-refractivity contribution in [3.8, 4) is 0 Å². The van der Waals surface area contributed by atoms with Crippen LogP contribution in [-0.4, -0.2) is 28.2 Å². The minimum atomic E-state index is 0.141. The van der Waals surface area contributed by atoms with Crippen LogP contribution in [0.4, 0.5) is 0 Å². The van der Waals surface area contributed by atoms with Crippen molar-refractivity contribution < 1.29 is 4.52 Å². The van der Waals surface area contributed by atoms with Crippen LogP contribution in [0.3, 0.4) is 0 Å². The van der Waals surface area contributed by atoms with Crippen molar-refractivity contribution in [2.75, 3.05) is 12.8 Å². The van der Waals surface area contributed by atoms with Crippen LogP contribution in [0.5, 0.6) is 0 Å². The van der Waals surface area contributed by atoms with E-state index in [0.717, 1.165) is 12.2 Å². The first kappa shape index (κ1) is 11.0. The van der Waals surface area contributed by atoms with Gasteiger partial charge in [0.25, 0.3) is 0 Å². The minimum Gasteiger partial charge on any atom is -0.338 e. The molecule has 2 rings (SSSR count). The summed E-state index contributed by atoms with van der Waals surface area (Å²) in [4.78, 5) is 4.39. The van der Waals surface area contributed by atoms with Gasteiger partial charge < -0.3 is 9.84 Å². The van der Waals surface area contributed by atoms with E-state index in [2.05, 4.69) is 15.5 Å². The second-order valence-corrected chi connectivity index (χ2v) is 5.31. The summed E-state index contributed by atoms with van der Waals surface area (Å²) in [6, 6.07) is 0.141. The molecule has 0 saturated carbocycles. The van der Waals surface area contributed by atoms with Crippen LogP contribution in [0.25, 0.3) is 0 Å². The second kappa shape index (κ2) is 4.99. The van der Waals surface area contributed by atoms with Gasteiger partial charge in [0.05, 0.1) is 6.04 Å². The lowest BCUT2D eigenvalue weighted by Gasteiger charge is -2.03. The number of hydrogen-bond acceptors (Lipinski definition) is 5. The summed E-state index contributed by atoms with van der Waals surface area (Å²) >= 11 is 2.02.